The molecule has 0 radical (unpaired) electrons. The summed E-state index contributed by atoms with van der Waals surface area (Å²) < 4.78 is 29.2. The molecule has 1 atom stereocenters. The second-order valence-electron chi connectivity index (χ2n) is 10.9. The van der Waals surface area contributed by atoms with Gasteiger partial charge in [0.2, 0.25) is 11.8 Å². The summed E-state index contributed by atoms with van der Waals surface area (Å²) in [6.07, 6.45) is 6.39. The molecular formula is C30H33ClN6O5S. The minimum absolute atomic E-state index is 0.0217. The molecule has 5 rings (SSSR count). The van der Waals surface area contributed by atoms with Gasteiger partial charge >= 0.3 is 0 Å². The lowest BCUT2D eigenvalue weighted by Gasteiger charge is -2.37. The molecule has 0 unspecified atom stereocenters. The lowest BCUT2D eigenvalue weighted by Crippen LogP contribution is -2.53. The van der Waals surface area contributed by atoms with Crippen molar-refractivity contribution in [1.82, 2.24) is 20.2 Å². The number of piperidine rings is 1. The molecule has 43 heavy (non-hydrogen) atoms. The Bertz CT molecular complexity index is 1640. The zero-order valence-corrected chi connectivity index (χ0v) is 25.5. The molecule has 13 heteroatoms. The van der Waals surface area contributed by atoms with E-state index in [1.54, 1.807) is 49.1 Å². The Morgan fingerprint density at radius 2 is 1.84 bits per heavy atom. The predicted molar refractivity (Wildman–Crippen MR) is 162 cm³/mol. The van der Waals surface area contributed by atoms with Gasteiger partial charge in [-0.1, -0.05) is 23.7 Å². The van der Waals surface area contributed by atoms with Crippen LogP contribution in [-0.2, 0) is 19.6 Å². The Kier molecular flexibility index (Phi) is 8.97. The number of fused-ring (bicyclic) bond motifs is 1. The van der Waals surface area contributed by atoms with E-state index in [9.17, 15) is 22.8 Å². The zero-order valence-electron chi connectivity index (χ0n) is 23.9. The molecule has 0 bridgehead atoms. The van der Waals surface area contributed by atoms with E-state index in [0.29, 0.717) is 59.5 Å². The third-order valence-electron chi connectivity index (χ3n) is 7.92. The molecule has 226 valence electrons. The van der Waals surface area contributed by atoms with Gasteiger partial charge < -0.3 is 15.5 Å². The van der Waals surface area contributed by atoms with E-state index < -0.39 is 27.9 Å². The van der Waals surface area contributed by atoms with Crippen LogP contribution in [0.5, 0.6) is 0 Å². The lowest BCUT2D eigenvalue weighted by molar-refractivity contribution is -0.125. The Labute approximate surface area is 255 Å². The first-order valence-corrected chi connectivity index (χ1v) is 15.9. The summed E-state index contributed by atoms with van der Waals surface area (Å²) in [5, 5.41) is 6.05. The number of nitrogens with one attached hydrogen (secondary N) is 2. The molecule has 3 heterocycles. The number of rotatable bonds is 8. The Hall–Kier alpha value is -4.03. The van der Waals surface area contributed by atoms with Gasteiger partial charge in [0, 0.05) is 37.1 Å². The second kappa shape index (κ2) is 12.7. The number of para-hydroxylation sites is 2. The van der Waals surface area contributed by atoms with Crippen molar-refractivity contribution in [2.75, 3.05) is 29.3 Å². The summed E-state index contributed by atoms with van der Waals surface area (Å²) in [6.45, 7) is 4.90. The molecule has 2 aliphatic heterocycles. The molecule has 1 aromatic heterocycles. The van der Waals surface area contributed by atoms with Crippen molar-refractivity contribution < 1.29 is 22.8 Å². The summed E-state index contributed by atoms with van der Waals surface area (Å²) in [5.41, 5.74) is 1.97. The van der Waals surface area contributed by atoms with Crippen molar-refractivity contribution in [3.05, 3.63) is 76.8 Å². The number of anilines is 2. The number of carbonyl (C=O) groups is 3. The quantitative estimate of drug-likeness (QED) is 0.389. The van der Waals surface area contributed by atoms with Crippen LogP contribution in [0.2, 0.25) is 5.02 Å². The third-order valence-corrected chi connectivity index (χ3v) is 10.3. The summed E-state index contributed by atoms with van der Waals surface area (Å²) in [5.74, 6) is -0.848. The highest BCUT2D eigenvalue weighted by molar-refractivity contribution is 7.93. The van der Waals surface area contributed by atoms with E-state index in [-0.39, 0.29) is 22.9 Å². The molecule has 2 aliphatic rings. The van der Waals surface area contributed by atoms with Crippen LogP contribution < -0.4 is 14.9 Å². The van der Waals surface area contributed by atoms with Gasteiger partial charge in [-0.25, -0.2) is 13.4 Å². The maximum absolute atomic E-state index is 14.1. The van der Waals surface area contributed by atoms with Crippen molar-refractivity contribution in [3.63, 3.8) is 0 Å². The number of hydrogen-bond acceptors (Lipinski definition) is 7. The number of aromatic nitrogens is 2. The van der Waals surface area contributed by atoms with Gasteiger partial charge in [-0.15, -0.1) is 0 Å². The monoisotopic (exact) mass is 624 g/mol. The number of nitrogens with zero attached hydrogens (tertiary/aromatic N) is 4. The van der Waals surface area contributed by atoms with Crippen LogP contribution in [0.15, 0.2) is 59.9 Å². The number of hydrogen-bond donors (Lipinski definition) is 2. The molecule has 0 spiro atoms. The normalized spacial score (nSPS) is 17.3. The topological polar surface area (TPSA) is 142 Å². The summed E-state index contributed by atoms with van der Waals surface area (Å²) >= 11 is 6.23. The molecule has 1 fully saturated rings. The van der Waals surface area contributed by atoms with Crippen LogP contribution in [0.4, 0.5) is 11.4 Å². The fourth-order valence-electron chi connectivity index (χ4n) is 5.53. The lowest BCUT2D eigenvalue weighted by atomic mass is 9.93. The van der Waals surface area contributed by atoms with E-state index in [2.05, 4.69) is 20.6 Å². The maximum atomic E-state index is 14.1. The maximum Gasteiger partial charge on any atom is 0.274 e. The molecule has 3 amide bonds. The molecule has 0 aliphatic carbocycles. The van der Waals surface area contributed by atoms with Gasteiger partial charge in [0.25, 0.3) is 15.9 Å². The summed E-state index contributed by atoms with van der Waals surface area (Å²) in [7, 11) is -4.25. The van der Waals surface area contributed by atoms with Gasteiger partial charge in [-0.2, -0.15) is 0 Å². The minimum Gasteiger partial charge on any atom is -0.356 e. The van der Waals surface area contributed by atoms with Crippen LogP contribution >= 0.6 is 11.6 Å². The molecule has 2 N–H and O–H groups in total. The number of carbonyl (C=O) groups excluding carboxylic acids is 3. The summed E-state index contributed by atoms with van der Waals surface area (Å²) in [4.78, 5) is 48.8. The fourth-order valence-corrected chi connectivity index (χ4v) is 7.68. The van der Waals surface area contributed by atoms with Crippen molar-refractivity contribution in [2.45, 2.75) is 50.5 Å². The van der Waals surface area contributed by atoms with Crippen molar-refractivity contribution in [3.8, 4) is 0 Å². The summed E-state index contributed by atoms with van der Waals surface area (Å²) in [6, 6.07) is 8.40. The minimum atomic E-state index is -4.25. The van der Waals surface area contributed by atoms with E-state index in [1.165, 1.54) is 24.7 Å². The van der Waals surface area contributed by atoms with Gasteiger partial charge in [0.1, 0.15) is 11.7 Å². The number of benzene rings is 2. The fraction of sp³-hybridized carbons (Fsp3) is 0.367. The number of sulfonamides is 1. The van der Waals surface area contributed by atoms with E-state index in [4.69, 9.17) is 11.6 Å². The average molecular weight is 625 g/mol. The van der Waals surface area contributed by atoms with Gasteiger partial charge in [0.05, 0.1) is 28.9 Å². The van der Waals surface area contributed by atoms with Crippen molar-refractivity contribution >= 4 is 50.7 Å². The van der Waals surface area contributed by atoms with Crippen molar-refractivity contribution in [2.24, 2.45) is 5.92 Å². The van der Waals surface area contributed by atoms with E-state index in [1.807, 2.05) is 0 Å². The average Bonchev–Trinajstić information content (AvgIpc) is 2.99. The smallest absolute Gasteiger partial charge is 0.274 e. The zero-order chi connectivity index (χ0) is 30.7. The molecule has 2 aromatic carbocycles. The number of halogens is 1. The van der Waals surface area contributed by atoms with Crippen molar-refractivity contribution in [1.29, 1.82) is 0 Å². The molecular weight excluding hydrogens is 592 g/mol. The number of likely N-dealkylation sites (tertiary alicyclic amines) is 1. The number of aryl methyl sites for hydroxylation is 2. The highest BCUT2D eigenvalue weighted by Gasteiger charge is 2.42. The molecule has 1 saturated heterocycles. The van der Waals surface area contributed by atoms with Crippen LogP contribution in [0, 0.1) is 19.8 Å². The van der Waals surface area contributed by atoms with Crippen LogP contribution in [-0.4, -0.2) is 66.7 Å². The standard InChI is InChI=1S/C30H33ClN6O5S/c1-19-16-27(20(2)15-22(19)31)43(41,42)37-25-6-4-3-5-23(25)35-29(39)26(37)17-28(38)34-10-7-21-8-13-36(14-9-21)30(40)24-18-32-11-12-33-24/h3-6,11-12,15-16,18,21,26H,7-10,13-14,17H2,1-2H3,(H,34,38)(H,35,39)/t26-/m1/s1. The SMILES string of the molecule is Cc1cc(S(=O)(=O)N2c3ccccc3NC(=O)[C@H]2CC(=O)NCCC2CCN(C(=O)c3cnccn3)CC2)c(C)cc1Cl. The van der Waals surface area contributed by atoms with Crippen LogP contribution in [0.1, 0.15) is 47.3 Å². The molecule has 0 saturated carbocycles. The molecule has 3 aromatic rings. The van der Waals surface area contributed by atoms with Crippen LogP contribution in [0.3, 0.4) is 0 Å². The Morgan fingerprint density at radius 1 is 1.09 bits per heavy atom. The first-order valence-electron chi connectivity index (χ1n) is 14.1. The first kappa shape index (κ1) is 30.4. The number of amides is 3. The largest absolute Gasteiger partial charge is 0.356 e. The molecule has 11 nitrogen and oxygen atoms in total. The van der Waals surface area contributed by atoms with Crippen LogP contribution in [0.25, 0.3) is 0 Å². The van der Waals surface area contributed by atoms with Gasteiger partial charge in [-0.05, 0) is 74.4 Å². The predicted octanol–water partition coefficient (Wildman–Crippen LogP) is 3.71. The Morgan fingerprint density at radius 3 is 2.56 bits per heavy atom. The highest BCUT2D eigenvalue weighted by Crippen LogP contribution is 2.38. The Balaban J connectivity index is 1.24. The van der Waals surface area contributed by atoms with Gasteiger partial charge in [-0.3, -0.25) is 23.7 Å². The highest BCUT2D eigenvalue weighted by atomic mass is 35.5. The third kappa shape index (κ3) is 6.50. The van der Waals surface area contributed by atoms with E-state index in [0.717, 1.165) is 17.1 Å². The van der Waals surface area contributed by atoms with Gasteiger partial charge in [0.15, 0.2) is 0 Å². The first-order chi connectivity index (χ1) is 20.6. The van der Waals surface area contributed by atoms with E-state index >= 15 is 0 Å². The second-order valence-corrected chi connectivity index (χ2v) is 13.0.